The van der Waals surface area contributed by atoms with Gasteiger partial charge in [-0.1, -0.05) is 44.0 Å². The molecule has 0 fully saturated rings. The van der Waals surface area contributed by atoms with Crippen LogP contribution < -0.4 is 5.73 Å². The molecule has 0 bridgehead atoms. The fourth-order valence-corrected chi connectivity index (χ4v) is 2.49. The lowest BCUT2D eigenvalue weighted by molar-refractivity contribution is -0.118. The molecule has 0 radical (unpaired) electrons. The van der Waals surface area contributed by atoms with Crippen molar-refractivity contribution in [3.05, 3.63) is 33.8 Å². The molecule has 0 amide bonds. The first-order valence-electron chi connectivity index (χ1n) is 6.38. The average Bonchev–Trinajstić information content (AvgIpc) is 2.20. The van der Waals surface area contributed by atoms with Gasteiger partial charge in [0.25, 0.3) is 0 Å². The predicted molar refractivity (Wildman–Crippen MR) is 81.8 cm³/mol. The van der Waals surface area contributed by atoms with E-state index < -0.39 is 0 Å². The van der Waals surface area contributed by atoms with E-state index in [0.717, 1.165) is 12.0 Å². The van der Waals surface area contributed by atoms with Gasteiger partial charge < -0.3 is 5.73 Å². The summed E-state index contributed by atoms with van der Waals surface area (Å²) in [5.41, 5.74) is 6.90. The molecule has 0 aromatic heterocycles. The number of hydrogen-bond donors (Lipinski definition) is 1. The van der Waals surface area contributed by atoms with E-state index in [4.69, 9.17) is 28.9 Å². The van der Waals surface area contributed by atoms with Gasteiger partial charge in [-0.15, -0.1) is 0 Å². The Morgan fingerprint density at radius 1 is 1.32 bits per heavy atom. The van der Waals surface area contributed by atoms with Gasteiger partial charge in [-0.2, -0.15) is 0 Å². The first-order chi connectivity index (χ1) is 8.67. The second-order valence-corrected chi connectivity index (χ2v) is 7.02. The van der Waals surface area contributed by atoms with Gasteiger partial charge in [-0.3, -0.25) is 4.79 Å². The molecule has 2 N–H and O–H groups in total. The van der Waals surface area contributed by atoms with Crippen LogP contribution in [0.5, 0.6) is 0 Å². The van der Waals surface area contributed by atoms with Crippen LogP contribution in [0, 0.1) is 5.41 Å². The molecule has 0 saturated heterocycles. The number of hydrogen-bond acceptors (Lipinski definition) is 2. The Morgan fingerprint density at radius 3 is 2.53 bits per heavy atom. The summed E-state index contributed by atoms with van der Waals surface area (Å²) in [6.07, 6.45) is 1.49. The summed E-state index contributed by atoms with van der Waals surface area (Å²) in [6.45, 7) is 6.35. The third-order valence-corrected chi connectivity index (χ3v) is 3.36. The minimum atomic E-state index is -0.106. The normalized spacial score (nSPS) is 13.4. The molecule has 0 aliphatic carbocycles. The van der Waals surface area contributed by atoms with Crippen LogP contribution in [0.15, 0.2) is 18.2 Å². The lowest BCUT2D eigenvalue weighted by Gasteiger charge is -2.22. The van der Waals surface area contributed by atoms with E-state index >= 15 is 0 Å². The number of rotatable bonds is 5. The van der Waals surface area contributed by atoms with Crippen LogP contribution in [0.3, 0.4) is 0 Å². The zero-order valence-corrected chi connectivity index (χ0v) is 13.2. The quantitative estimate of drug-likeness (QED) is 0.883. The van der Waals surface area contributed by atoms with Gasteiger partial charge in [0.1, 0.15) is 5.78 Å². The molecule has 1 aromatic carbocycles. The molecule has 1 aromatic rings. The summed E-state index contributed by atoms with van der Waals surface area (Å²) in [4.78, 5) is 12.0. The van der Waals surface area contributed by atoms with Crippen molar-refractivity contribution in [1.82, 2.24) is 0 Å². The average molecular weight is 302 g/mol. The third-order valence-electron chi connectivity index (χ3n) is 2.76. The highest BCUT2D eigenvalue weighted by molar-refractivity contribution is 6.33. The van der Waals surface area contributed by atoms with Gasteiger partial charge in [-0.05, 0) is 35.6 Å². The van der Waals surface area contributed by atoms with Crippen molar-refractivity contribution in [2.75, 3.05) is 0 Å². The maximum Gasteiger partial charge on any atom is 0.138 e. The summed E-state index contributed by atoms with van der Waals surface area (Å²) in [7, 11) is 0. The zero-order valence-electron chi connectivity index (χ0n) is 11.7. The van der Waals surface area contributed by atoms with E-state index in [9.17, 15) is 4.79 Å². The van der Waals surface area contributed by atoms with E-state index in [1.165, 1.54) is 0 Å². The fraction of sp³-hybridized carbons (Fsp3) is 0.533. The van der Waals surface area contributed by atoms with Crippen LogP contribution >= 0.6 is 23.2 Å². The fourth-order valence-electron chi connectivity index (χ4n) is 2.11. The number of Topliss-reactive ketones (excluding diaryl/α,β-unsaturated/α-hetero) is 1. The molecule has 1 atom stereocenters. The van der Waals surface area contributed by atoms with Crippen LogP contribution in [-0.4, -0.2) is 11.8 Å². The number of ketones is 1. The van der Waals surface area contributed by atoms with Gasteiger partial charge >= 0.3 is 0 Å². The minimum absolute atomic E-state index is 0.0981. The molecule has 0 spiro atoms. The molecule has 1 rings (SSSR count). The van der Waals surface area contributed by atoms with Crippen molar-refractivity contribution in [3.63, 3.8) is 0 Å². The Labute approximate surface area is 125 Å². The highest BCUT2D eigenvalue weighted by Crippen LogP contribution is 2.23. The third kappa shape index (κ3) is 6.42. The number of benzene rings is 1. The molecule has 0 saturated carbocycles. The van der Waals surface area contributed by atoms with Crippen molar-refractivity contribution in [1.29, 1.82) is 0 Å². The van der Waals surface area contributed by atoms with Crippen molar-refractivity contribution in [3.8, 4) is 0 Å². The second-order valence-electron chi connectivity index (χ2n) is 6.18. The van der Waals surface area contributed by atoms with Gasteiger partial charge in [0, 0.05) is 28.9 Å². The van der Waals surface area contributed by atoms with Crippen LogP contribution in [-0.2, 0) is 11.2 Å². The predicted octanol–water partition coefficient (Wildman–Crippen LogP) is 4.26. The molecule has 106 valence electrons. The Kier molecular flexibility index (Phi) is 5.84. The number of carbonyl (C=O) groups excluding carboxylic acids is 1. The van der Waals surface area contributed by atoms with Gasteiger partial charge in [0.05, 0.1) is 0 Å². The molecular formula is C15H21Cl2NO. The lowest BCUT2D eigenvalue weighted by atomic mass is 9.86. The Bertz CT molecular complexity index is 452. The number of nitrogens with two attached hydrogens (primary N) is 1. The summed E-state index contributed by atoms with van der Waals surface area (Å²) in [5, 5.41) is 1.16. The molecular weight excluding hydrogens is 281 g/mol. The van der Waals surface area contributed by atoms with Gasteiger partial charge in [-0.25, -0.2) is 0 Å². The van der Waals surface area contributed by atoms with Crippen molar-refractivity contribution in [2.24, 2.45) is 11.1 Å². The monoisotopic (exact) mass is 301 g/mol. The highest BCUT2D eigenvalue weighted by atomic mass is 35.5. The molecule has 0 aliphatic heterocycles. The maximum absolute atomic E-state index is 12.0. The first kappa shape index (κ1) is 16.5. The molecule has 19 heavy (non-hydrogen) atoms. The minimum Gasteiger partial charge on any atom is -0.327 e. The molecule has 1 unspecified atom stereocenters. The molecule has 2 nitrogen and oxygen atoms in total. The SMILES string of the molecule is CC(C)(C)CC(N)CC(=O)Cc1cc(Cl)ccc1Cl. The first-order valence-corrected chi connectivity index (χ1v) is 7.14. The lowest BCUT2D eigenvalue weighted by Crippen LogP contribution is -2.29. The Balaban J connectivity index is 2.58. The second kappa shape index (κ2) is 6.74. The number of carbonyl (C=O) groups is 1. The maximum atomic E-state index is 12.0. The van der Waals surface area contributed by atoms with Gasteiger partial charge in [0.15, 0.2) is 0 Å². The molecule has 4 heteroatoms. The topological polar surface area (TPSA) is 43.1 Å². The van der Waals surface area contributed by atoms with E-state index in [2.05, 4.69) is 20.8 Å². The van der Waals surface area contributed by atoms with Crippen molar-refractivity contribution < 1.29 is 4.79 Å². The number of halogens is 2. The Hall–Kier alpha value is -0.570. The van der Waals surface area contributed by atoms with Crippen LogP contribution in [0.2, 0.25) is 10.0 Å². The largest absolute Gasteiger partial charge is 0.327 e. The highest BCUT2D eigenvalue weighted by Gasteiger charge is 2.18. The standard InChI is InChI=1S/C15H21Cl2NO/c1-15(2,3)9-12(18)8-13(19)7-10-6-11(16)4-5-14(10)17/h4-6,12H,7-9,18H2,1-3H3. The smallest absolute Gasteiger partial charge is 0.138 e. The van der Waals surface area contributed by atoms with E-state index in [0.29, 0.717) is 16.5 Å². The molecule has 0 heterocycles. The Morgan fingerprint density at radius 2 is 1.95 bits per heavy atom. The summed E-state index contributed by atoms with van der Waals surface area (Å²) < 4.78 is 0. The summed E-state index contributed by atoms with van der Waals surface area (Å²) in [6, 6.07) is 5.05. The van der Waals surface area contributed by atoms with Crippen molar-refractivity contribution in [2.45, 2.75) is 46.1 Å². The van der Waals surface area contributed by atoms with Crippen LogP contribution in [0.4, 0.5) is 0 Å². The van der Waals surface area contributed by atoms with Crippen LogP contribution in [0.25, 0.3) is 0 Å². The van der Waals surface area contributed by atoms with Crippen molar-refractivity contribution >= 4 is 29.0 Å². The van der Waals surface area contributed by atoms with E-state index in [1.54, 1.807) is 18.2 Å². The summed E-state index contributed by atoms with van der Waals surface area (Å²) >= 11 is 11.9. The van der Waals surface area contributed by atoms with Crippen LogP contribution in [0.1, 0.15) is 39.2 Å². The van der Waals surface area contributed by atoms with E-state index in [-0.39, 0.29) is 23.7 Å². The van der Waals surface area contributed by atoms with Gasteiger partial charge in [0.2, 0.25) is 0 Å². The van der Waals surface area contributed by atoms with E-state index in [1.807, 2.05) is 0 Å². The molecule has 0 aliphatic rings. The zero-order chi connectivity index (χ0) is 14.6. The summed E-state index contributed by atoms with van der Waals surface area (Å²) in [5.74, 6) is 0.0981.